The summed E-state index contributed by atoms with van der Waals surface area (Å²) in [4.78, 5) is 37.7. The van der Waals surface area contributed by atoms with Crippen molar-refractivity contribution in [2.45, 2.75) is 51.6 Å². The molecule has 0 aliphatic carbocycles. The van der Waals surface area contributed by atoms with Gasteiger partial charge in [0.15, 0.2) is 0 Å². The molecule has 2 heterocycles. The molecule has 5 nitrogen and oxygen atoms in total. The van der Waals surface area contributed by atoms with Crippen LogP contribution < -0.4 is 5.32 Å². The highest BCUT2D eigenvalue weighted by Gasteiger charge is 2.42. The first kappa shape index (κ1) is 14.8. The van der Waals surface area contributed by atoms with Crippen molar-refractivity contribution in [2.75, 3.05) is 0 Å². The summed E-state index contributed by atoms with van der Waals surface area (Å²) in [6.45, 7) is 4.07. The fourth-order valence-electron chi connectivity index (χ4n) is 3.42. The molecule has 3 amide bonds. The molecule has 5 heteroatoms. The summed E-state index contributed by atoms with van der Waals surface area (Å²) < 4.78 is 0. The van der Waals surface area contributed by atoms with Crippen molar-refractivity contribution in [3.05, 3.63) is 34.9 Å². The Bertz CT molecular complexity index is 653. The molecule has 1 saturated heterocycles. The van der Waals surface area contributed by atoms with Crippen LogP contribution in [0.15, 0.2) is 18.2 Å². The number of hydrogen-bond donors (Lipinski definition) is 1. The van der Waals surface area contributed by atoms with Crippen molar-refractivity contribution >= 4 is 17.7 Å². The molecule has 0 saturated carbocycles. The van der Waals surface area contributed by atoms with E-state index in [-0.39, 0.29) is 30.2 Å². The molecule has 1 fully saturated rings. The van der Waals surface area contributed by atoms with E-state index in [0.29, 0.717) is 12.0 Å². The maximum Gasteiger partial charge on any atom is 0.255 e. The molecule has 1 N–H and O–H groups in total. The SMILES string of the molecule is CCCc1ccc2c(c1)C(C)N(C1CCC(=O)NC1=O)C2=O. The van der Waals surface area contributed by atoms with Gasteiger partial charge in [0.05, 0.1) is 6.04 Å². The first-order valence-electron chi connectivity index (χ1n) is 7.82. The van der Waals surface area contributed by atoms with Crippen LogP contribution in [-0.4, -0.2) is 28.7 Å². The Balaban J connectivity index is 1.91. The van der Waals surface area contributed by atoms with Gasteiger partial charge in [-0.05, 0) is 37.0 Å². The van der Waals surface area contributed by atoms with Gasteiger partial charge in [-0.2, -0.15) is 0 Å². The summed E-state index contributed by atoms with van der Waals surface area (Å²) in [6, 6.07) is 5.24. The second kappa shape index (κ2) is 5.55. The fourth-order valence-corrected chi connectivity index (χ4v) is 3.42. The topological polar surface area (TPSA) is 66.5 Å². The number of aryl methyl sites for hydroxylation is 1. The van der Waals surface area contributed by atoms with Crippen LogP contribution in [-0.2, 0) is 16.0 Å². The van der Waals surface area contributed by atoms with E-state index in [0.717, 1.165) is 18.4 Å². The number of nitrogens with one attached hydrogen (secondary N) is 1. The van der Waals surface area contributed by atoms with Crippen LogP contribution >= 0.6 is 0 Å². The van der Waals surface area contributed by atoms with Gasteiger partial charge >= 0.3 is 0 Å². The third kappa shape index (κ3) is 2.30. The number of hydrogen-bond acceptors (Lipinski definition) is 3. The molecule has 22 heavy (non-hydrogen) atoms. The van der Waals surface area contributed by atoms with Gasteiger partial charge in [0, 0.05) is 12.0 Å². The minimum absolute atomic E-state index is 0.111. The molecule has 0 spiro atoms. The number of carbonyl (C=O) groups excluding carboxylic acids is 3. The van der Waals surface area contributed by atoms with Crippen LogP contribution in [0.3, 0.4) is 0 Å². The second-order valence-corrected chi connectivity index (χ2v) is 6.03. The Labute approximate surface area is 129 Å². The predicted molar refractivity (Wildman–Crippen MR) is 81.2 cm³/mol. The highest BCUT2D eigenvalue weighted by Crippen LogP contribution is 2.37. The van der Waals surface area contributed by atoms with E-state index in [1.54, 1.807) is 4.90 Å². The molecule has 0 bridgehead atoms. The lowest BCUT2D eigenvalue weighted by atomic mass is 9.99. The van der Waals surface area contributed by atoms with Crippen molar-refractivity contribution < 1.29 is 14.4 Å². The zero-order valence-electron chi connectivity index (χ0n) is 12.9. The van der Waals surface area contributed by atoms with E-state index in [4.69, 9.17) is 0 Å². The molecular weight excluding hydrogens is 280 g/mol. The quantitative estimate of drug-likeness (QED) is 0.868. The fraction of sp³-hybridized carbons (Fsp3) is 0.471. The zero-order valence-corrected chi connectivity index (χ0v) is 12.9. The third-order valence-corrected chi connectivity index (χ3v) is 4.53. The van der Waals surface area contributed by atoms with Crippen molar-refractivity contribution in [3.63, 3.8) is 0 Å². The lowest BCUT2D eigenvalue weighted by Crippen LogP contribution is -2.53. The summed E-state index contributed by atoms with van der Waals surface area (Å²) in [6.07, 6.45) is 2.71. The van der Waals surface area contributed by atoms with Crippen LogP contribution in [0.25, 0.3) is 0 Å². The Hall–Kier alpha value is -2.17. The molecule has 2 aliphatic heterocycles. The van der Waals surface area contributed by atoms with E-state index in [2.05, 4.69) is 18.3 Å². The van der Waals surface area contributed by atoms with E-state index in [1.807, 2.05) is 19.1 Å². The Morgan fingerprint density at radius 2 is 2.05 bits per heavy atom. The van der Waals surface area contributed by atoms with Gasteiger partial charge in [-0.25, -0.2) is 0 Å². The van der Waals surface area contributed by atoms with Crippen molar-refractivity contribution in [1.82, 2.24) is 10.2 Å². The van der Waals surface area contributed by atoms with Crippen LogP contribution in [0.2, 0.25) is 0 Å². The van der Waals surface area contributed by atoms with Gasteiger partial charge < -0.3 is 4.90 Å². The minimum atomic E-state index is -0.553. The average molecular weight is 300 g/mol. The van der Waals surface area contributed by atoms with Crippen LogP contribution in [0, 0.1) is 0 Å². The van der Waals surface area contributed by atoms with E-state index < -0.39 is 6.04 Å². The molecule has 2 atom stereocenters. The first-order valence-corrected chi connectivity index (χ1v) is 7.82. The van der Waals surface area contributed by atoms with Crippen molar-refractivity contribution in [2.24, 2.45) is 0 Å². The van der Waals surface area contributed by atoms with Crippen LogP contribution in [0.4, 0.5) is 0 Å². The van der Waals surface area contributed by atoms with Crippen LogP contribution in [0.5, 0.6) is 0 Å². The number of imide groups is 1. The molecule has 116 valence electrons. The number of fused-ring (bicyclic) bond motifs is 1. The Morgan fingerprint density at radius 1 is 1.27 bits per heavy atom. The minimum Gasteiger partial charge on any atom is -0.320 e. The van der Waals surface area contributed by atoms with Gasteiger partial charge in [0.2, 0.25) is 11.8 Å². The molecule has 2 aliphatic rings. The summed E-state index contributed by atoms with van der Waals surface area (Å²) in [5, 5.41) is 2.33. The number of carbonyl (C=O) groups is 3. The molecule has 0 aromatic heterocycles. The summed E-state index contributed by atoms with van der Waals surface area (Å²) >= 11 is 0. The first-order chi connectivity index (χ1) is 10.5. The zero-order chi connectivity index (χ0) is 15.9. The molecular formula is C17H20N2O3. The number of benzene rings is 1. The second-order valence-electron chi connectivity index (χ2n) is 6.03. The Kier molecular flexibility index (Phi) is 3.72. The molecule has 2 unspecified atom stereocenters. The summed E-state index contributed by atoms with van der Waals surface area (Å²) in [5.41, 5.74) is 2.88. The normalized spacial score (nSPS) is 24.5. The highest BCUT2D eigenvalue weighted by molar-refractivity contribution is 6.05. The smallest absolute Gasteiger partial charge is 0.255 e. The molecule has 1 aromatic carbocycles. The maximum absolute atomic E-state index is 12.7. The number of nitrogens with zero attached hydrogens (tertiary/aromatic N) is 1. The van der Waals surface area contributed by atoms with E-state index in [9.17, 15) is 14.4 Å². The van der Waals surface area contributed by atoms with Crippen molar-refractivity contribution in [1.29, 1.82) is 0 Å². The Morgan fingerprint density at radius 3 is 2.73 bits per heavy atom. The predicted octanol–water partition coefficient (Wildman–Crippen LogP) is 1.96. The maximum atomic E-state index is 12.7. The molecule has 1 aromatic rings. The monoisotopic (exact) mass is 300 g/mol. The highest BCUT2D eigenvalue weighted by atomic mass is 16.2. The molecule has 3 rings (SSSR count). The van der Waals surface area contributed by atoms with Gasteiger partial charge in [0.25, 0.3) is 5.91 Å². The third-order valence-electron chi connectivity index (χ3n) is 4.53. The van der Waals surface area contributed by atoms with Gasteiger partial charge in [-0.3, -0.25) is 19.7 Å². The average Bonchev–Trinajstić information content (AvgIpc) is 2.72. The standard InChI is InChI=1S/C17H20N2O3/c1-3-4-11-5-6-12-13(9-11)10(2)19(17(12)22)14-7-8-15(20)18-16(14)21/h5-6,9-10,14H,3-4,7-8H2,1-2H3,(H,18,20,21). The number of amides is 3. The number of piperidine rings is 1. The van der Waals surface area contributed by atoms with Gasteiger partial charge in [0.1, 0.15) is 6.04 Å². The number of rotatable bonds is 3. The van der Waals surface area contributed by atoms with Gasteiger partial charge in [-0.1, -0.05) is 25.5 Å². The van der Waals surface area contributed by atoms with E-state index >= 15 is 0 Å². The van der Waals surface area contributed by atoms with Crippen molar-refractivity contribution in [3.8, 4) is 0 Å². The van der Waals surface area contributed by atoms with E-state index in [1.165, 1.54) is 5.56 Å². The summed E-state index contributed by atoms with van der Waals surface area (Å²) in [5.74, 6) is -0.735. The lowest BCUT2D eigenvalue weighted by Gasteiger charge is -2.32. The lowest BCUT2D eigenvalue weighted by molar-refractivity contribution is -0.137. The molecule has 0 radical (unpaired) electrons. The van der Waals surface area contributed by atoms with Gasteiger partial charge in [-0.15, -0.1) is 0 Å². The largest absolute Gasteiger partial charge is 0.320 e. The van der Waals surface area contributed by atoms with Crippen LogP contribution in [0.1, 0.15) is 60.6 Å². The summed E-state index contributed by atoms with van der Waals surface area (Å²) in [7, 11) is 0.